The monoisotopic (exact) mass is 287 g/mol. The van der Waals surface area contributed by atoms with E-state index in [0.29, 0.717) is 13.0 Å². The van der Waals surface area contributed by atoms with Gasteiger partial charge in [-0.3, -0.25) is 9.59 Å². The number of rotatable bonds is 10. The number of carboxylic acids is 1. The van der Waals surface area contributed by atoms with Crippen LogP contribution in [-0.4, -0.2) is 48.1 Å². The summed E-state index contributed by atoms with van der Waals surface area (Å²) in [5, 5.41) is 11.4. The lowest BCUT2D eigenvalue weighted by Crippen LogP contribution is -2.42. The first-order chi connectivity index (χ1) is 9.36. The van der Waals surface area contributed by atoms with Crippen LogP contribution < -0.4 is 11.1 Å². The lowest BCUT2D eigenvalue weighted by molar-refractivity contribution is -0.137. The average Bonchev–Trinajstić information content (AvgIpc) is 2.34. The highest BCUT2D eigenvalue weighted by atomic mass is 16.4. The number of hydrogen-bond acceptors (Lipinski definition) is 3. The van der Waals surface area contributed by atoms with Crippen LogP contribution in [0.5, 0.6) is 0 Å². The molecule has 7 heteroatoms. The van der Waals surface area contributed by atoms with Crippen molar-refractivity contribution in [3.8, 4) is 0 Å². The fourth-order valence-corrected chi connectivity index (χ4v) is 1.99. The van der Waals surface area contributed by atoms with Gasteiger partial charge in [-0.05, 0) is 18.8 Å². The lowest BCUT2D eigenvalue weighted by Gasteiger charge is -2.18. The first kappa shape index (κ1) is 18.2. The Morgan fingerprint density at radius 3 is 2.40 bits per heavy atom. The van der Waals surface area contributed by atoms with Crippen molar-refractivity contribution >= 4 is 17.9 Å². The average molecular weight is 287 g/mol. The van der Waals surface area contributed by atoms with E-state index in [4.69, 9.17) is 10.8 Å². The van der Waals surface area contributed by atoms with E-state index in [2.05, 4.69) is 5.32 Å². The first-order valence-electron chi connectivity index (χ1n) is 6.85. The molecule has 4 N–H and O–H groups in total. The summed E-state index contributed by atoms with van der Waals surface area (Å²) < 4.78 is 0. The molecule has 1 unspecified atom stereocenters. The molecular formula is C13H25N3O4. The zero-order valence-electron chi connectivity index (χ0n) is 12.2. The third kappa shape index (κ3) is 9.18. The van der Waals surface area contributed by atoms with Crippen molar-refractivity contribution in [2.45, 2.75) is 39.0 Å². The minimum Gasteiger partial charge on any atom is -0.481 e. The van der Waals surface area contributed by atoms with Gasteiger partial charge in [-0.2, -0.15) is 0 Å². The van der Waals surface area contributed by atoms with Crippen molar-refractivity contribution in [3.05, 3.63) is 0 Å². The molecule has 20 heavy (non-hydrogen) atoms. The molecule has 1 atom stereocenters. The summed E-state index contributed by atoms with van der Waals surface area (Å²) in [5.41, 5.74) is 5.00. The van der Waals surface area contributed by atoms with Gasteiger partial charge in [-0.1, -0.05) is 19.8 Å². The van der Waals surface area contributed by atoms with E-state index in [1.165, 1.54) is 11.9 Å². The van der Waals surface area contributed by atoms with Gasteiger partial charge in [0.2, 0.25) is 5.91 Å². The number of aliphatic carboxylic acids is 1. The van der Waals surface area contributed by atoms with Crippen molar-refractivity contribution in [1.82, 2.24) is 10.2 Å². The molecule has 116 valence electrons. The number of primary amides is 1. The standard InChI is InChI=1S/C13H25N3O4/c1-3-4-10(5-6-12(18)19)7-8-15-13(20)16(2)9-11(14)17/h10H,3-9H2,1-2H3,(H2,14,17)(H,15,20)(H,18,19). The number of likely N-dealkylation sites (N-methyl/N-ethyl adjacent to an activating group) is 1. The predicted molar refractivity (Wildman–Crippen MR) is 75.1 cm³/mol. The molecule has 0 fully saturated rings. The minimum atomic E-state index is -0.795. The van der Waals surface area contributed by atoms with Crippen LogP contribution >= 0.6 is 0 Å². The van der Waals surface area contributed by atoms with E-state index in [9.17, 15) is 14.4 Å². The fourth-order valence-electron chi connectivity index (χ4n) is 1.99. The second kappa shape index (κ2) is 10.1. The number of carbonyl (C=O) groups is 3. The number of amides is 3. The van der Waals surface area contributed by atoms with Crippen molar-refractivity contribution in [3.63, 3.8) is 0 Å². The summed E-state index contributed by atoms with van der Waals surface area (Å²) in [7, 11) is 1.49. The molecule has 0 aromatic rings. The summed E-state index contributed by atoms with van der Waals surface area (Å²) in [6.45, 7) is 2.39. The summed E-state index contributed by atoms with van der Waals surface area (Å²) in [6, 6.07) is -0.350. The summed E-state index contributed by atoms with van der Waals surface area (Å²) in [6.07, 6.45) is 3.44. The van der Waals surface area contributed by atoms with Crippen molar-refractivity contribution in [2.75, 3.05) is 20.1 Å². The molecule has 0 aliphatic heterocycles. The molecule has 7 nitrogen and oxygen atoms in total. The Bertz CT molecular complexity index is 334. The number of nitrogens with zero attached hydrogens (tertiary/aromatic N) is 1. The molecule has 0 spiro atoms. The SMILES string of the molecule is CCCC(CCNC(=O)N(C)CC(N)=O)CCC(=O)O. The highest BCUT2D eigenvalue weighted by Crippen LogP contribution is 2.17. The zero-order chi connectivity index (χ0) is 15.5. The summed E-state index contributed by atoms with van der Waals surface area (Å²) in [5.74, 6) is -1.07. The lowest BCUT2D eigenvalue weighted by atomic mass is 9.94. The van der Waals surface area contributed by atoms with E-state index in [-0.39, 0.29) is 24.9 Å². The van der Waals surface area contributed by atoms with E-state index < -0.39 is 11.9 Å². The Morgan fingerprint density at radius 2 is 1.90 bits per heavy atom. The van der Waals surface area contributed by atoms with Crippen LogP contribution in [0.15, 0.2) is 0 Å². The predicted octanol–water partition coefficient (Wildman–Crippen LogP) is 0.784. The second-order valence-corrected chi connectivity index (χ2v) is 4.93. The normalized spacial score (nSPS) is 11.7. The highest BCUT2D eigenvalue weighted by molar-refractivity contribution is 5.82. The third-order valence-corrected chi connectivity index (χ3v) is 3.03. The third-order valence-electron chi connectivity index (χ3n) is 3.03. The molecule has 0 saturated carbocycles. The number of nitrogens with two attached hydrogens (primary N) is 1. The summed E-state index contributed by atoms with van der Waals surface area (Å²) in [4.78, 5) is 34.1. The topological polar surface area (TPSA) is 113 Å². The Labute approximate surface area is 119 Å². The molecule has 0 radical (unpaired) electrons. The van der Waals surface area contributed by atoms with Gasteiger partial charge in [0, 0.05) is 20.0 Å². The maximum atomic E-state index is 11.6. The Kier molecular flexibility index (Phi) is 9.15. The largest absolute Gasteiger partial charge is 0.481 e. The van der Waals surface area contributed by atoms with Gasteiger partial charge < -0.3 is 21.1 Å². The Hall–Kier alpha value is -1.79. The first-order valence-corrected chi connectivity index (χ1v) is 6.85. The minimum absolute atomic E-state index is 0.122. The van der Waals surface area contributed by atoms with Crippen LogP contribution in [0.4, 0.5) is 4.79 Å². The molecule has 0 bridgehead atoms. The summed E-state index contributed by atoms with van der Waals surface area (Å²) >= 11 is 0. The maximum Gasteiger partial charge on any atom is 0.317 e. The van der Waals surface area contributed by atoms with Gasteiger partial charge in [0.25, 0.3) is 0 Å². The van der Waals surface area contributed by atoms with Crippen LogP contribution in [0.25, 0.3) is 0 Å². The highest BCUT2D eigenvalue weighted by Gasteiger charge is 2.13. The van der Waals surface area contributed by atoms with Gasteiger partial charge in [-0.15, -0.1) is 0 Å². The molecule has 0 aromatic carbocycles. The van der Waals surface area contributed by atoms with Gasteiger partial charge in [0.05, 0.1) is 0 Å². The van der Waals surface area contributed by atoms with Crippen molar-refractivity contribution < 1.29 is 19.5 Å². The molecule has 0 saturated heterocycles. The second-order valence-electron chi connectivity index (χ2n) is 4.93. The van der Waals surface area contributed by atoms with E-state index in [1.54, 1.807) is 0 Å². The van der Waals surface area contributed by atoms with Crippen LogP contribution in [0.1, 0.15) is 39.0 Å². The van der Waals surface area contributed by atoms with E-state index >= 15 is 0 Å². The van der Waals surface area contributed by atoms with Crippen molar-refractivity contribution in [2.24, 2.45) is 11.7 Å². The number of hydrogen-bond donors (Lipinski definition) is 3. The van der Waals surface area contributed by atoms with Gasteiger partial charge in [0.1, 0.15) is 6.54 Å². The number of nitrogens with one attached hydrogen (secondary N) is 1. The number of carbonyl (C=O) groups excluding carboxylic acids is 2. The Morgan fingerprint density at radius 1 is 1.25 bits per heavy atom. The molecule has 0 aromatic heterocycles. The van der Waals surface area contributed by atoms with Crippen LogP contribution in [0.3, 0.4) is 0 Å². The molecule has 0 rings (SSSR count). The molecule has 0 aliphatic rings. The van der Waals surface area contributed by atoms with Crippen LogP contribution in [-0.2, 0) is 9.59 Å². The molecule has 3 amide bonds. The molecular weight excluding hydrogens is 262 g/mol. The number of urea groups is 1. The number of carboxylic acid groups (broad SMARTS) is 1. The smallest absolute Gasteiger partial charge is 0.317 e. The van der Waals surface area contributed by atoms with Crippen LogP contribution in [0.2, 0.25) is 0 Å². The Balaban J connectivity index is 4.00. The van der Waals surface area contributed by atoms with Crippen molar-refractivity contribution in [1.29, 1.82) is 0 Å². The molecule has 0 aliphatic carbocycles. The maximum absolute atomic E-state index is 11.6. The quantitative estimate of drug-likeness (QED) is 0.551. The zero-order valence-corrected chi connectivity index (χ0v) is 12.2. The van der Waals surface area contributed by atoms with E-state index in [0.717, 1.165) is 19.3 Å². The van der Waals surface area contributed by atoms with Gasteiger partial charge in [-0.25, -0.2) is 4.79 Å². The fraction of sp³-hybridized carbons (Fsp3) is 0.769. The van der Waals surface area contributed by atoms with E-state index in [1.807, 2.05) is 6.92 Å². The van der Waals surface area contributed by atoms with Gasteiger partial charge in [0.15, 0.2) is 0 Å². The molecule has 0 heterocycles. The van der Waals surface area contributed by atoms with Gasteiger partial charge >= 0.3 is 12.0 Å². The van der Waals surface area contributed by atoms with Crippen LogP contribution in [0, 0.1) is 5.92 Å².